The predicted octanol–water partition coefficient (Wildman–Crippen LogP) is 5.56. The zero-order valence-electron chi connectivity index (χ0n) is 14.9. The van der Waals surface area contributed by atoms with Gasteiger partial charge in [-0.2, -0.15) is 0 Å². The van der Waals surface area contributed by atoms with Crippen LogP contribution >= 0.6 is 0 Å². The Morgan fingerprint density at radius 2 is 1.48 bits per heavy atom. The minimum absolute atomic E-state index is 0.0969. The summed E-state index contributed by atoms with van der Waals surface area (Å²) in [4.78, 5) is 0. The molecule has 0 spiro atoms. The van der Waals surface area contributed by atoms with Crippen molar-refractivity contribution in [3.8, 4) is 11.5 Å². The molecule has 0 amide bonds. The molecule has 124 valence electrons. The first-order chi connectivity index (χ1) is 10.9. The third-order valence-corrected chi connectivity index (χ3v) is 4.76. The average molecular weight is 312 g/mol. The summed E-state index contributed by atoms with van der Waals surface area (Å²) in [5.74, 6) is 1.33. The van der Waals surface area contributed by atoms with E-state index in [2.05, 4.69) is 45.9 Å². The van der Waals surface area contributed by atoms with Crippen molar-refractivity contribution in [2.45, 2.75) is 59.5 Å². The molecule has 0 atom stereocenters. The van der Waals surface area contributed by atoms with Crippen molar-refractivity contribution < 1.29 is 9.84 Å². The summed E-state index contributed by atoms with van der Waals surface area (Å²) < 4.78 is 6.24. The zero-order valence-corrected chi connectivity index (χ0v) is 14.9. The Morgan fingerprint density at radius 1 is 0.913 bits per heavy atom. The van der Waals surface area contributed by atoms with E-state index >= 15 is 0 Å². The monoisotopic (exact) mass is 312 g/mol. The van der Waals surface area contributed by atoms with Crippen molar-refractivity contribution in [3.05, 3.63) is 58.7 Å². The fraction of sp³-hybridized carbons (Fsp3) is 0.429. The SMILES string of the molecule is CCC(C)(CC)Oc1ccc(Cc2ccc(O)c(C)c2)cc1C. The summed E-state index contributed by atoms with van der Waals surface area (Å²) in [7, 11) is 0. The van der Waals surface area contributed by atoms with Crippen LogP contribution in [0.15, 0.2) is 36.4 Å². The molecule has 0 saturated heterocycles. The van der Waals surface area contributed by atoms with Crippen LogP contribution in [0, 0.1) is 13.8 Å². The minimum Gasteiger partial charge on any atom is -0.508 e. The van der Waals surface area contributed by atoms with E-state index in [4.69, 9.17) is 4.74 Å². The molecule has 0 radical (unpaired) electrons. The standard InChI is InChI=1S/C21H28O2/c1-6-21(5,7-2)23-20-11-9-18(13-16(20)4)14-17-8-10-19(22)15(3)12-17/h8-13,22H,6-7,14H2,1-5H3. The number of ether oxygens (including phenoxy) is 1. The van der Waals surface area contributed by atoms with E-state index in [0.717, 1.165) is 30.6 Å². The van der Waals surface area contributed by atoms with Gasteiger partial charge in [-0.25, -0.2) is 0 Å². The number of benzene rings is 2. The second-order valence-electron chi connectivity index (χ2n) is 6.66. The molecule has 0 aliphatic heterocycles. The van der Waals surface area contributed by atoms with Crippen LogP contribution in [0.3, 0.4) is 0 Å². The molecule has 2 heteroatoms. The highest BCUT2D eigenvalue weighted by atomic mass is 16.5. The molecule has 1 N–H and O–H groups in total. The van der Waals surface area contributed by atoms with Crippen molar-refractivity contribution in [1.82, 2.24) is 0 Å². The van der Waals surface area contributed by atoms with Gasteiger partial charge in [-0.3, -0.25) is 0 Å². The van der Waals surface area contributed by atoms with Crippen molar-refractivity contribution in [3.63, 3.8) is 0 Å². The Labute approximate surface area is 140 Å². The summed E-state index contributed by atoms with van der Waals surface area (Å²) in [6.45, 7) is 10.5. The highest BCUT2D eigenvalue weighted by Crippen LogP contribution is 2.28. The van der Waals surface area contributed by atoms with Crippen LogP contribution in [0.2, 0.25) is 0 Å². The first-order valence-corrected chi connectivity index (χ1v) is 8.44. The molecule has 2 aromatic rings. The third-order valence-electron chi connectivity index (χ3n) is 4.76. The van der Waals surface area contributed by atoms with Gasteiger partial charge >= 0.3 is 0 Å². The van der Waals surface area contributed by atoms with Crippen molar-refractivity contribution in [1.29, 1.82) is 0 Å². The molecule has 0 aliphatic carbocycles. The lowest BCUT2D eigenvalue weighted by Gasteiger charge is -2.29. The smallest absolute Gasteiger partial charge is 0.123 e. The first-order valence-electron chi connectivity index (χ1n) is 8.44. The number of hydrogen-bond donors (Lipinski definition) is 1. The van der Waals surface area contributed by atoms with Crippen molar-refractivity contribution >= 4 is 0 Å². The van der Waals surface area contributed by atoms with Crippen LogP contribution in [0.5, 0.6) is 11.5 Å². The Kier molecular flexibility index (Phi) is 5.35. The van der Waals surface area contributed by atoms with E-state index in [-0.39, 0.29) is 5.60 Å². The molecule has 0 fully saturated rings. The van der Waals surface area contributed by atoms with Gasteiger partial charge in [-0.15, -0.1) is 0 Å². The summed E-state index contributed by atoms with van der Waals surface area (Å²) in [6.07, 6.45) is 2.86. The van der Waals surface area contributed by atoms with E-state index in [1.54, 1.807) is 6.07 Å². The lowest BCUT2D eigenvalue weighted by molar-refractivity contribution is 0.0794. The number of aromatic hydroxyl groups is 1. The predicted molar refractivity (Wildman–Crippen MR) is 96.4 cm³/mol. The summed E-state index contributed by atoms with van der Waals surface area (Å²) >= 11 is 0. The van der Waals surface area contributed by atoms with Gasteiger partial charge in [0.1, 0.15) is 17.1 Å². The van der Waals surface area contributed by atoms with E-state index in [1.807, 2.05) is 19.1 Å². The maximum Gasteiger partial charge on any atom is 0.123 e. The van der Waals surface area contributed by atoms with Gasteiger partial charge in [0, 0.05) is 0 Å². The van der Waals surface area contributed by atoms with Crippen molar-refractivity contribution in [2.75, 3.05) is 0 Å². The second kappa shape index (κ2) is 7.08. The minimum atomic E-state index is -0.0969. The molecule has 0 saturated carbocycles. The summed E-state index contributed by atoms with van der Waals surface area (Å²) in [5.41, 5.74) is 4.46. The molecule has 2 rings (SSSR count). The lowest BCUT2D eigenvalue weighted by atomic mass is 9.98. The molecular formula is C21H28O2. The maximum atomic E-state index is 9.63. The number of phenolic OH excluding ortho intramolecular Hbond substituents is 1. The molecule has 0 heterocycles. The van der Waals surface area contributed by atoms with E-state index in [9.17, 15) is 5.11 Å². The van der Waals surface area contributed by atoms with Crippen LogP contribution in [0.25, 0.3) is 0 Å². The quantitative estimate of drug-likeness (QED) is 0.757. The summed E-state index contributed by atoms with van der Waals surface area (Å²) in [6, 6.07) is 12.2. The van der Waals surface area contributed by atoms with Crippen molar-refractivity contribution in [2.24, 2.45) is 0 Å². The Hall–Kier alpha value is -1.96. The van der Waals surface area contributed by atoms with E-state index < -0.39 is 0 Å². The van der Waals surface area contributed by atoms with Crippen LogP contribution in [0.4, 0.5) is 0 Å². The van der Waals surface area contributed by atoms with Crippen LogP contribution < -0.4 is 4.74 Å². The lowest BCUT2D eigenvalue weighted by Crippen LogP contribution is -2.30. The Balaban J connectivity index is 2.17. The molecule has 2 aromatic carbocycles. The fourth-order valence-corrected chi connectivity index (χ4v) is 2.66. The summed E-state index contributed by atoms with van der Waals surface area (Å²) in [5, 5.41) is 9.63. The van der Waals surface area contributed by atoms with Gasteiger partial charge in [-0.1, -0.05) is 38.1 Å². The topological polar surface area (TPSA) is 29.5 Å². The number of aryl methyl sites for hydroxylation is 2. The normalized spacial score (nSPS) is 11.5. The van der Waals surface area contributed by atoms with Gasteiger partial charge in [0.05, 0.1) is 0 Å². The number of rotatable bonds is 6. The van der Waals surface area contributed by atoms with Crippen LogP contribution in [-0.2, 0) is 6.42 Å². The first kappa shape index (κ1) is 17.4. The Bertz CT molecular complexity index is 670. The van der Waals surface area contributed by atoms with Crippen LogP contribution in [0.1, 0.15) is 55.9 Å². The molecular weight excluding hydrogens is 284 g/mol. The molecule has 0 aromatic heterocycles. The van der Waals surface area contributed by atoms with Gasteiger partial charge in [0.25, 0.3) is 0 Å². The van der Waals surface area contributed by atoms with Gasteiger partial charge in [0.15, 0.2) is 0 Å². The van der Waals surface area contributed by atoms with Gasteiger partial charge in [-0.05, 0) is 74.4 Å². The highest BCUT2D eigenvalue weighted by molar-refractivity contribution is 5.41. The Morgan fingerprint density at radius 3 is 2.00 bits per heavy atom. The largest absolute Gasteiger partial charge is 0.508 e. The van der Waals surface area contributed by atoms with E-state index in [1.165, 1.54) is 16.7 Å². The third kappa shape index (κ3) is 4.28. The highest BCUT2D eigenvalue weighted by Gasteiger charge is 2.22. The molecule has 0 bridgehead atoms. The van der Waals surface area contributed by atoms with Gasteiger partial charge < -0.3 is 9.84 Å². The fourth-order valence-electron chi connectivity index (χ4n) is 2.66. The second-order valence-corrected chi connectivity index (χ2v) is 6.66. The number of hydrogen-bond acceptors (Lipinski definition) is 2. The average Bonchev–Trinajstić information content (AvgIpc) is 2.53. The number of phenols is 1. The molecule has 23 heavy (non-hydrogen) atoms. The molecule has 2 nitrogen and oxygen atoms in total. The zero-order chi connectivity index (χ0) is 17.0. The van der Waals surface area contributed by atoms with Crippen LogP contribution in [-0.4, -0.2) is 10.7 Å². The van der Waals surface area contributed by atoms with Gasteiger partial charge in [0.2, 0.25) is 0 Å². The molecule has 0 unspecified atom stereocenters. The molecule has 0 aliphatic rings. The maximum absolute atomic E-state index is 9.63. The van der Waals surface area contributed by atoms with E-state index in [0.29, 0.717) is 5.75 Å².